The molecule has 0 aliphatic rings. The van der Waals surface area contributed by atoms with Gasteiger partial charge in [0, 0.05) is 0 Å². The van der Waals surface area contributed by atoms with Gasteiger partial charge in [-0.1, -0.05) is 0 Å². The van der Waals surface area contributed by atoms with Gasteiger partial charge in [0.15, 0.2) is 0 Å². The SMILES string of the molecule is CC(C)(NS(C)(=O)=O)C(N)=O. The molecule has 0 aliphatic carbocycles. The van der Waals surface area contributed by atoms with Gasteiger partial charge in [-0.2, -0.15) is 0 Å². The van der Waals surface area contributed by atoms with Gasteiger partial charge in [-0.15, -0.1) is 0 Å². The maximum Gasteiger partial charge on any atom is 0.238 e. The van der Waals surface area contributed by atoms with Gasteiger partial charge in [0.05, 0.1) is 6.26 Å². The van der Waals surface area contributed by atoms with Gasteiger partial charge in [0.25, 0.3) is 0 Å². The van der Waals surface area contributed by atoms with E-state index in [9.17, 15) is 13.2 Å². The Morgan fingerprint density at radius 1 is 1.45 bits per heavy atom. The molecule has 0 saturated carbocycles. The standard InChI is InChI=1S/C5H12N2O3S/c1-5(2,4(6)8)7-11(3,9)10/h7H,1-3H3,(H2,6,8). The Labute approximate surface area is 66.0 Å². The number of nitrogens with one attached hydrogen (secondary N) is 1. The van der Waals surface area contributed by atoms with Crippen LogP contribution in [0.3, 0.4) is 0 Å². The molecule has 0 aliphatic heterocycles. The van der Waals surface area contributed by atoms with E-state index in [-0.39, 0.29) is 0 Å². The molecular weight excluding hydrogens is 168 g/mol. The monoisotopic (exact) mass is 180 g/mol. The highest BCUT2D eigenvalue weighted by Crippen LogP contribution is 2.01. The van der Waals surface area contributed by atoms with Crippen LogP contribution < -0.4 is 10.5 Å². The topological polar surface area (TPSA) is 89.3 Å². The highest BCUT2D eigenvalue weighted by molar-refractivity contribution is 7.88. The first kappa shape index (κ1) is 10.4. The number of nitrogens with two attached hydrogens (primary N) is 1. The van der Waals surface area contributed by atoms with Crippen LogP contribution in [-0.4, -0.2) is 26.1 Å². The Morgan fingerprint density at radius 3 is 1.91 bits per heavy atom. The molecule has 0 heterocycles. The molecule has 0 bridgehead atoms. The van der Waals surface area contributed by atoms with Crippen molar-refractivity contribution in [2.24, 2.45) is 5.73 Å². The number of rotatable bonds is 3. The lowest BCUT2D eigenvalue weighted by molar-refractivity contribution is -0.122. The van der Waals surface area contributed by atoms with Crippen LogP contribution in [0.5, 0.6) is 0 Å². The second-order valence-electron chi connectivity index (χ2n) is 2.86. The lowest BCUT2D eigenvalue weighted by atomic mass is 10.1. The van der Waals surface area contributed by atoms with Crippen molar-refractivity contribution in [3.63, 3.8) is 0 Å². The molecule has 0 rings (SSSR count). The average Bonchev–Trinajstić information content (AvgIpc) is 1.56. The number of primary amides is 1. The third-order valence-electron chi connectivity index (χ3n) is 1.06. The summed E-state index contributed by atoms with van der Waals surface area (Å²) in [5, 5.41) is 0. The van der Waals surface area contributed by atoms with E-state index in [2.05, 4.69) is 4.72 Å². The number of sulfonamides is 1. The molecular formula is C5H12N2O3S. The summed E-state index contributed by atoms with van der Waals surface area (Å²) in [6, 6.07) is 0. The van der Waals surface area contributed by atoms with Gasteiger partial charge in [0.1, 0.15) is 5.54 Å². The Balaban J connectivity index is 4.51. The number of carbonyl (C=O) groups excluding carboxylic acids is 1. The molecule has 0 radical (unpaired) electrons. The third kappa shape index (κ3) is 3.94. The lowest BCUT2D eigenvalue weighted by Crippen LogP contribution is -2.52. The smallest absolute Gasteiger partial charge is 0.238 e. The van der Waals surface area contributed by atoms with E-state index in [1.165, 1.54) is 13.8 Å². The summed E-state index contributed by atoms with van der Waals surface area (Å²) in [6.45, 7) is 2.80. The number of hydrogen-bond donors (Lipinski definition) is 2. The van der Waals surface area contributed by atoms with Crippen LogP contribution in [0.2, 0.25) is 0 Å². The molecule has 1 amide bonds. The van der Waals surface area contributed by atoms with Crippen molar-refractivity contribution in [1.82, 2.24) is 4.72 Å². The molecule has 0 atom stereocenters. The minimum atomic E-state index is -3.38. The average molecular weight is 180 g/mol. The van der Waals surface area contributed by atoms with Crippen LogP contribution in [0.25, 0.3) is 0 Å². The Bertz CT molecular complexity index is 255. The van der Waals surface area contributed by atoms with Crippen LogP contribution in [0, 0.1) is 0 Å². The Morgan fingerprint density at radius 2 is 1.82 bits per heavy atom. The van der Waals surface area contributed by atoms with Crippen molar-refractivity contribution in [2.45, 2.75) is 19.4 Å². The van der Waals surface area contributed by atoms with Gasteiger partial charge in [0.2, 0.25) is 15.9 Å². The summed E-state index contributed by atoms with van der Waals surface area (Å²) >= 11 is 0. The van der Waals surface area contributed by atoms with Crippen molar-refractivity contribution in [1.29, 1.82) is 0 Å². The van der Waals surface area contributed by atoms with Gasteiger partial charge in [-0.05, 0) is 13.8 Å². The molecule has 11 heavy (non-hydrogen) atoms. The Hall–Kier alpha value is -0.620. The zero-order valence-corrected chi connectivity index (χ0v) is 7.53. The zero-order chi connectivity index (χ0) is 9.28. The molecule has 0 spiro atoms. The van der Waals surface area contributed by atoms with Gasteiger partial charge in [-0.3, -0.25) is 4.79 Å². The lowest BCUT2D eigenvalue weighted by Gasteiger charge is -2.20. The van der Waals surface area contributed by atoms with E-state index >= 15 is 0 Å². The molecule has 0 aromatic rings. The maximum absolute atomic E-state index is 10.6. The van der Waals surface area contributed by atoms with E-state index in [1.54, 1.807) is 0 Å². The van der Waals surface area contributed by atoms with Crippen molar-refractivity contribution < 1.29 is 13.2 Å². The second-order valence-corrected chi connectivity index (χ2v) is 4.61. The highest BCUT2D eigenvalue weighted by Gasteiger charge is 2.27. The summed E-state index contributed by atoms with van der Waals surface area (Å²) in [5.74, 6) is -0.706. The van der Waals surface area contributed by atoms with Crippen molar-refractivity contribution >= 4 is 15.9 Å². The van der Waals surface area contributed by atoms with Gasteiger partial charge >= 0.3 is 0 Å². The van der Waals surface area contributed by atoms with Crippen LogP contribution >= 0.6 is 0 Å². The summed E-state index contributed by atoms with van der Waals surface area (Å²) in [6.07, 6.45) is 0.970. The summed E-state index contributed by atoms with van der Waals surface area (Å²) in [7, 11) is -3.38. The number of carbonyl (C=O) groups is 1. The predicted molar refractivity (Wildman–Crippen MR) is 41.3 cm³/mol. The molecule has 3 N–H and O–H groups in total. The molecule has 0 fully saturated rings. The van der Waals surface area contributed by atoms with E-state index < -0.39 is 21.5 Å². The van der Waals surface area contributed by atoms with Crippen LogP contribution in [0.1, 0.15) is 13.8 Å². The normalized spacial score (nSPS) is 13.0. The van der Waals surface area contributed by atoms with E-state index in [0.717, 1.165) is 6.26 Å². The Kier molecular flexibility index (Phi) is 2.63. The zero-order valence-electron chi connectivity index (χ0n) is 6.71. The van der Waals surface area contributed by atoms with Gasteiger partial charge in [-0.25, -0.2) is 13.1 Å². The fraction of sp³-hybridized carbons (Fsp3) is 0.800. The van der Waals surface area contributed by atoms with Crippen molar-refractivity contribution in [3.05, 3.63) is 0 Å². The molecule has 0 aromatic carbocycles. The first-order valence-electron chi connectivity index (χ1n) is 2.94. The summed E-state index contributed by atoms with van der Waals surface area (Å²) < 4.78 is 23.4. The van der Waals surface area contributed by atoms with Crippen LogP contribution in [-0.2, 0) is 14.8 Å². The van der Waals surface area contributed by atoms with Crippen LogP contribution in [0.4, 0.5) is 0 Å². The minimum absolute atomic E-state index is 0.706. The number of hydrogen-bond acceptors (Lipinski definition) is 3. The predicted octanol–water partition coefficient (Wildman–Crippen LogP) is -1.20. The largest absolute Gasteiger partial charge is 0.368 e. The first-order valence-corrected chi connectivity index (χ1v) is 4.83. The van der Waals surface area contributed by atoms with Crippen LogP contribution in [0.15, 0.2) is 0 Å². The molecule has 0 unspecified atom stereocenters. The first-order chi connectivity index (χ1) is 4.65. The van der Waals surface area contributed by atoms with E-state index in [0.29, 0.717) is 0 Å². The quantitative estimate of drug-likeness (QED) is 0.571. The van der Waals surface area contributed by atoms with Crippen molar-refractivity contribution in [3.8, 4) is 0 Å². The molecule has 6 heteroatoms. The van der Waals surface area contributed by atoms with Crippen molar-refractivity contribution in [2.75, 3.05) is 6.26 Å². The highest BCUT2D eigenvalue weighted by atomic mass is 32.2. The second kappa shape index (κ2) is 2.78. The molecule has 5 nitrogen and oxygen atoms in total. The van der Waals surface area contributed by atoms with E-state index in [4.69, 9.17) is 5.73 Å². The van der Waals surface area contributed by atoms with Gasteiger partial charge < -0.3 is 5.73 Å². The molecule has 0 aromatic heterocycles. The molecule has 0 saturated heterocycles. The summed E-state index contributed by atoms with van der Waals surface area (Å²) in [4.78, 5) is 10.6. The fourth-order valence-corrected chi connectivity index (χ4v) is 1.54. The fourth-order valence-electron chi connectivity index (χ4n) is 0.514. The molecule has 66 valence electrons. The minimum Gasteiger partial charge on any atom is -0.368 e. The third-order valence-corrected chi connectivity index (χ3v) is 1.94. The van der Waals surface area contributed by atoms with E-state index in [1.807, 2.05) is 0 Å². The summed E-state index contributed by atoms with van der Waals surface area (Å²) in [5.41, 5.74) is 3.70. The maximum atomic E-state index is 10.6. The number of amides is 1.